The Balaban J connectivity index is 2.52. The van der Waals surface area contributed by atoms with Gasteiger partial charge in [-0.1, -0.05) is 37.3 Å². The molecule has 0 bridgehead atoms. The lowest BCUT2D eigenvalue weighted by molar-refractivity contribution is 0.831. The van der Waals surface area contributed by atoms with Crippen molar-refractivity contribution in [3.05, 3.63) is 41.9 Å². The summed E-state index contributed by atoms with van der Waals surface area (Å²) in [6.45, 7) is 3.96. The molecule has 1 heterocycles. The molecule has 0 atom stereocenters. The SMILES string of the molecule is CCc1nnc(C)c(-c2ccccc2)n1. The molecule has 3 nitrogen and oxygen atoms in total. The summed E-state index contributed by atoms with van der Waals surface area (Å²) in [5.41, 5.74) is 2.90. The highest BCUT2D eigenvalue weighted by atomic mass is 15.2. The van der Waals surface area contributed by atoms with Gasteiger partial charge in [-0.25, -0.2) is 4.98 Å². The first-order valence-electron chi connectivity index (χ1n) is 5.07. The molecule has 0 aliphatic heterocycles. The first kappa shape index (κ1) is 9.77. The lowest BCUT2D eigenvalue weighted by Gasteiger charge is -2.04. The third-order valence-corrected chi connectivity index (χ3v) is 2.26. The van der Waals surface area contributed by atoms with Crippen LogP contribution < -0.4 is 0 Å². The normalized spacial score (nSPS) is 10.3. The van der Waals surface area contributed by atoms with Gasteiger partial charge in [-0.15, -0.1) is 5.10 Å². The zero-order valence-corrected chi connectivity index (χ0v) is 8.94. The van der Waals surface area contributed by atoms with Crippen molar-refractivity contribution in [1.82, 2.24) is 15.2 Å². The molecule has 0 radical (unpaired) electrons. The number of hydrogen-bond donors (Lipinski definition) is 0. The second-order valence-corrected chi connectivity index (χ2v) is 3.38. The largest absolute Gasteiger partial charge is 0.229 e. The van der Waals surface area contributed by atoms with Crippen LogP contribution in [0.1, 0.15) is 18.4 Å². The molecule has 0 fully saturated rings. The van der Waals surface area contributed by atoms with Crippen molar-refractivity contribution in [3.8, 4) is 11.3 Å². The fourth-order valence-electron chi connectivity index (χ4n) is 1.43. The van der Waals surface area contributed by atoms with Gasteiger partial charge in [0, 0.05) is 12.0 Å². The quantitative estimate of drug-likeness (QED) is 0.745. The monoisotopic (exact) mass is 199 g/mol. The van der Waals surface area contributed by atoms with Crippen molar-refractivity contribution in [3.63, 3.8) is 0 Å². The molecule has 0 spiro atoms. The van der Waals surface area contributed by atoms with Gasteiger partial charge in [0.15, 0.2) is 5.82 Å². The van der Waals surface area contributed by atoms with E-state index in [1.54, 1.807) is 0 Å². The summed E-state index contributed by atoms with van der Waals surface area (Å²) in [5, 5.41) is 8.14. The Morgan fingerprint density at radius 3 is 2.47 bits per heavy atom. The van der Waals surface area contributed by atoms with Gasteiger partial charge in [-0.2, -0.15) is 5.10 Å². The summed E-state index contributed by atoms with van der Waals surface area (Å²) in [6.07, 6.45) is 0.813. The van der Waals surface area contributed by atoms with Crippen LogP contribution in [0.5, 0.6) is 0 Å². The molecule has 0 saturated heterocycles. The van der Waals surface area contributed by atoms with Crippen LogP contribution in [0.15, 0.2) is 30.3 Å². The number of rotatable bonds is 2. The molecule has 76 valence electrons. The third-order valence-electron chi connectivity index (χ3n) is 2.26. The smallest absolute Gasteiger partial charge is 0.151 e. The second-order valence-electron chi connectivity index (χ2n) is 3.38. The highest BCUT2D eigenvalue weighted by Crippen LogP contribution is 2.18. The molecule has 0 unspecified atom stereocenters. The fraction of sp³-hybridized carbons (Fsp3) is 0.250. The molecule has 0 aliphatic carbocycles. The van der Waals surface area contributed by atoms with Crippen molar-refractivity contribution in [1.29, 1.82) is 0 Å². The van der Waals surface area contributed by atoms with Crippen LogP contribution in [0.4, 0.5) is 0 Å². The fourth-order valence-corrected chi connectivity index (χ4v) is 1.43. The molecule has 0 aliphatic rings. The zero-order chi connectivity index (χ0) is 10.7. The van der Waals surface area contributed by atoms with Gasteiger partial charge in [0.25, 0.3) is 0 Å². The maximum Gasteiger partial charge on any atom is 0.151 e. The van der Waals surface area contributed by atoms with E-state index in [0.717, 1.165) is 29.2 Å². The first-order valence-corrected chi connectivity index (χ1v) is 5.07. The van der Waals surface area contributed by atoms with Gasteiger partial charge < -0.3 is 0 Å². The lowest BCUT2D eigenvalue weighted by atomic mass is 10.1. The van der Waals surface area contributed by atoms with Crippen LogP contribution in [0, 0.1) is 6.92 Å². The van der Waals surface area contributed by atoms with Crippen molar-refractivity contribution >= 4 is 0 Å². The van der Waals surface area contributed by atoms with E-state index in [2.05, 4.69) is 15.2 Å². The van der Waals surface area contributed by atoms with Gasteiger partial charge in [0.1, 0.15) is 0 Å². The third kappa shape index (κ3) is 2.01. The minimum Gasteiger partial charge on any atom is -0.229 e. The molecule has 1 aromatic carbocycles. The van der Waals surface area contributed by atoms with E-state index in [4.69, 9.17) is 0 Å². The second kappa shape index (κ2) is 4.17. The molecule has 15 heavy (non-hydrogen) atoms. The first-order chi connectivity index (χ1) is 7.31. The number of nitrogens with zero attached hydrogens (tertiary/aromatic N) is 3. The van der Waals surface area contributed by atoms with Crippen LogP contribution in [-0.2, 0) is 6.42 Å². The highest BCUT2D eigenvalue weighted by molar-refractivity contribution is 5.60. The van der Waals surface area contributed by atoms with E-state index in [1.165, 1.54) is 0 Å². The molecular formula is C12H13N3. The van der Waals surface area contributed by atoms with E-state index in [-0.39, 0.29) is 0 Å². The van der Waals surface area contributed by atoms with Gasteiger partial charge in [-0.05, 0) is 6.92 Å². The Morgan fingerprint density at radius 1 is 1.07 bits per heavy atom. The Bertz CT molecular complexity index is 452. The van der Waals surface area contributed by atoms with Crippen molar-refractivity contribution in [2.24, 2.45) is 0 Å². The molecule has 1 aromatic heterocycles. The summed E-state index contributed by atoms with van der Waals surface area (Å²) in [5.74, 6) is 0.791. The van der Waals surface area contributed by atoms with Gasteiger partial charge in [0.2, 0.25) is 0 Å². The Hall–Kier alpha value is -1.77. The summed E-state index contributed by atoms with van der Waals surface area (Å²) < 4.78 is 0. The van der Waals surface area contributed by atoms with Gasteiger partial charge in [-0.3, -0.25) is 0 Å². The number of hydrogen-bond acceptors (Lipinski definition) is 3. The Kier molecular flexibility index (Phi) is 2.72. The number of aryl methyl sites for hydroxylation is 2. The molecule has 3 heteroatoms. The standard InChI is InChI=1S/C12H13N3/c1-3-11-13-12(9(2)14-15-11)10-7-5-4-6-8-10/h4-8H,3H2,1-2H3. The van der Waals surface area contributed by atoms with Crippen LogP contribution in [0.3, 0.4) is 0 Å². The molecule has 0 saturated carbocycles. The van der Waals surface area contributed by atoms with Crippen LogP contribution in [0.25, 0.3) is 11.3 Å². The van der Waals surface area contributed by atoms with Crippen LogP contribution in [0.2, 0.25) is 0 Å². The van der Waals surface area contributed by atoms with Gasteiger partial charge >= 0.3 is 0 Å². The summed E-state index contributed by atoms with van der Waals surface area (Å²) in [6, 6.07) is 10.1. The van der Waals surface area contributed by atoms with Crippen molar-refractivity contribution in [2.45, 2.75) is 20.3 Å². The predicted molar refractivity (Wildman–Crippen MR) is 59.4 cm³/mol. The maximum atomic E-state index is 4.49. The maximum absolute atomic E-state index is 4.49. The van der Waals surface area contributed by atoms with E-state index < -0.39 is 0 Å². The van der Waals surface area contributed by atoms with Crippen molar-refractivity contribution in [2.75, 3.05) is 0 Å². The summed E-state index contributed by atoms with van der Waals surface area (Å²) >= 11 is 0. The zero-order valence-electron chi connectivity index (χ0n) is 8.94. The Labute approximate surface area is 89.2 Å². The predicted octanol–water partition coefficient (Wildman–Crippen LogP) is 2.41. The van der Waals surface area contributed by atoms with Crippen molar-refractivity contribution < 1.29 is 0 Å². The minimum atomic E-state index is 0.791. The number of aromatic nitrogens is 3. The average Bonchev–Trinajstić information content (AvgIpc) is 2.31. The summed E-state index contributed by atoms with van der Waals surface area (Å²) in [7, 11) is 0. The minimum absolute atomic E-state index is 0.791. The topological polar surface area (TPSA) is 38.7 Å². The number of benzene rings is 1. The Morgan fingerprint density at radius 2 is 1.80 bits per heavy atom. The van der Waals surface area contributed by atoms with Crippen LogP contribution in [-0.4, -0.2) is 15.2 Å². The van der Waals surface area contributed by atoms with E-state index >= 15 is 0 Å². The van der Waals surface area contributed by atoms with Gasteiger partial charge in [0.05, 0.1) is 11.4 Å². The average molecular weight is 199 g/mol. The molecule has 2 aromatic rings. The summed E-state index contributed by atoms with van der Waals surface area (Å²) in [4.78, 5) is 4.49. The molecule has 2 rings (SSSR count). The lowest BCUT2D eigenvalue weighted by Crippen LogP contribution is -2.01. The van der Waals surface area contributed by atoms with E-state index in [1.807, 2.05) is 44.2 Å². The highest BCUT2D eigenvalue weighted by Gasteiger charge is 2.06. The molecule has 0 amide bonds. The molecule has 0 N–H and O–H groups in total. The van der Waals surface area contributed by atoms with Crippen LogP contribution >= 0.6 is 0 Å². The van der Waals surface area contributed by atoms with E-state index in [9.17, 15) is 0 Å². The molecular weight excluding hydrogens is 186 g/mol. The van der Waals surface area contributed by atoms with E-state index in [0.29, 0.717) is 0 Å².